The van der Waals surface area contributed by atoms with E-state index in [-0.39, 0.29) is 11.9 Å². The van der Waals surface area contributed by atoms with Gasteiger partial charge in [-0.25, -0.2) is 4.79 Å². The minimum atomic E-state index is -0.415. The van der Waals surface area contributed by atoms with Crippen molar-refractivity contribution in [3.63, 3.8) is 0 Å². The lowest BCUT2D eigenvalue weighted by atomic mass is 9.76. The Balaban J connectivity index is 0.000000722. The van der Waals surface area contributed by atoms with Crippen LogP contribution >= 0.6 is 0 Å². The molecule has 5 N–H and O–H groups in total. The largest absolute Gasteiger partial charge is 0.463 e. The van der Waals surface area contributed by atoms with E-state index in [1.807, 2.05) is 32.9 Å². The van der Waals surface area contributed by atoms with Crippen LogP contribution in [0.25, 0.3) is 0 Å². The monoisotopic (exact) mass is 453 g/mol. The number of nitrogens with two attached hydrogens (primary N) is 2. The number of nitrogens with one attached hydrogen (secondary N) is 1. The van der Waals surface area contributed by atoms with Crippen molar-refractivity contribution in [3.8, 4) is 0 Å². The van der Waals surface area contributed by atoms with Crippen LogP contribution in [0.3, 0.4) is 0 Å². The van der Waals surface area contributed by atoms with Gasteiger partial charge in [-0.05, 0) is 45.7 Å². The molecule has 182 valence electrons. The van der Waals surface area contributed by atoms with Gasteiger partial charge in [0.2, 0.25) is 0 Å². The predicted molar refractivity (Wildman–Crippen MR) is 141 cm³/mol. The van der Waals surface area contributed by atoms with E-state index in [4.69, 9.17) is 11.5 Å². The standard InChI is InChI=1S/C19H24N2.C7H13NO2.C2H6/c1-15(2)21-14-19(3,20)18(16-10-6-4-7-11-16)17-12-8-5-9-13-17;1-4-10-7(9)5(2)6(3)8;1-2/h4-13,18,21H,1,14,20H2,2-3H3;4,8H2,1-3H3;1-2H3/b;6-5+;. The summed E-state index contributed by atoms with van der Waals surface area (Å²) in [7, 11) is 0. The zero-order valence-corrected chi connectivity index (χ0v) is 21.4. The zero-order chi connectivity index (χ0) is 25.4. The number of carbonyl (C=O) groups excluding carboxylic acids is 1. The molecule has 0 aliphatic heterocycles. The molecule has 33 heavy (non-hydrogen) atoms. The smallest absolute Gasteiger partial charge is 0.335 e. The molecule has 0 spiro atoms. The van der Waals surface area contributed by atoms with E-state index in [0.717, 1.165) is 5.70 Å². The molecule has 5 heteroatoms. The van der Waals surface area contributed by atoms with Gasteiger partial charge in [-0.15, -0.1) is 0 Å². The van der Waals surface area contributed by atoms with E-state index in [1.165, 1.54) is 11.1 Å². The highest BCUT2D eigenvalue weighted by Gasteiger charge is 2.32. The van der Waals surface area contributed by atoms with Crippen LogP contribution in [-0.4, -0.2) is 24.7 Å². The fourth-order valence-corrected chi connectivity index (χ4v) is 3.09. The van der Waals surface area contributed by atoms with Crippen molar-refractivity contribution in [3.05, 3.63) is 95.3 Å². The summed E-state index contributed by atoms with van der Waals surface area (Å²) in [6.45, 7) is 18.1. The number of hydrogen-bond acceptors (Lipinski definition) is 5. The summed E-state index contributed by atoms with van der Waals surface area (Å²) in [5.74, 6) is -0.200. The number of ether oxygens (including phenoxy) is 1. The molecule has 0 aliphatic carbocycles. The van der Waals surface area contributed by atoms with Gasteiger partial charge < -0.3 is 21.5 Å². The summed E-state index contributed by atoms with van der Waals surface area (Å²) in [4.78, 5) is 10.8. The molecule has 5 nitrogen and oxygen atoms in total. The Morgan fingerprint density at radius 3 is 1.76 bits per heavy atom. The van der Waals surface area contributed by atoms with E-state index in [2.05, 4.69) is 72.1 Å². The van der Waals surface area contributed by atoms with Gasteiger partial charge in [0.1, 0.15) is 0 Å². The van der Waals surface area contributed by atoms with Gasteiger partial charge in [0.25, 0.3) is 0 Å². The zero-order valence-electron chi connectivity index (χ0n) is 21.4. The van der Waals surface area contributed by atoms with Gasteiger partial charge in [0, 0.05) is 29.4 Å². The number of carbonyl (C=O) groups is 1. The number of benzene rings is 2. The molecule has 2 rings (SSSR count). The second-order valence-corrected chi connectivity index (χ2v) is 7.92. The van der Waals surface area contributed by atoms with Crippen LogP contribution < -0.4 is 16.8 Å². The molecule has 0 aromatic heterocycles. The van der Waals surface area contributed by atoms with Gasteiger partial charge >= 0.3 is 5.97 Å². The average molecular weight is 454 g/mol. The highest BCUT2D eigenvalue weighted by Crippen LogP contribution is 2.33. The lowest BCUT2D eigenvalue weighted by Gasteiger charge is -2.35. The van der Waals surface area contributed by atoms with Crippen LogP contribution in [0.15, 0.2) is 84.2 Å². The first-order chi connectivity index (χ1) is 15.6. The van der Waals surface area contributed by atoms with E-state index in [0.29, 0.717) is 24.4 Å². The molecule has 0 aliphatic rings. The predicted octanol–water partition coefficient (Wildman–Crippen LogP) is 5.49. The molecule has 0 fully saturated rings. The van der Waals surface area contributed by atoms with E-state index in [9.17, 15) is 4.79 Å². The Morgan fingerprint density at radius 1 is 1.00 bits per heavy atom. The third-order valence-electron chi connectivity index (χ3n) is 4.87. The third-order valence-corrected chi connectivity index (χ3v) is 4.87. The summed E-state index contributed by atoms with van der Waals surface area (Å²) in [5.41, 5.74) is 16.0. The third kappa shape index (κ3) is 10.9. The van der Waals surface area contributed by atoms with Crippen molar-refractivity contribution in [2.45, 2.75) is 59.9 Å². The molecular formula is C28H43N3O2. The summed E-state index contributed by atoms with van der Waals surface area (Å²) in [6.07, 6.45) is 0. The van der Waals surface area contributed by atoms with Crippen LogP contribution in [0.1, 0.15) is 65.5 Å². The number of allylic oxidation sites excluding steroid dienone is 2. The lowest BCUT2D eigenvalue weighted by Crippen LogP contribution is -2.50. The summed E-state index contributed by atoms with van der Waals surface area (Å²) in [6, 6.07) is 20.9. The van der Waals surface area contributed by atoms with Crippen LogP contribution in [0, 0.1) is 0 Å². The molecule has 0 heterocycles. The van der Waals surface area contributed by atoms with Crippen molar-refractivity contribution in [2.24, 2.45) is 11.5 Å². The molecule has 0 saturated carbocycles. The van der Waals surface area contributed by atoms with Crippen LogP contribution in [0.4, 0.5) is 0 Å². The van der Waals surface area contributed by atoms with Gasteiger partial charge in [-0.3, -0.25) is 0 Å². The molecule has 0 radical (unpaired) electrons. The minimum Gasteiger partial charge on any atom is -0.463 e. The maximum Gasteiger partial charge on any atom is 0.335 e. The summed E-state index contributed by atoms with van der Waals surface area (Å²) >= 11 is 0. The first-order valence-corrected chi connectivity index (χ1v) is 11.5. The van der Waals surface area contributed by atoms with E-state index >= 15 is 0 Å². The normalized spacial score (nSPS) is 12.6. The van der Waals surface area contributed by atoms with Gasteiger partial charge in [-0.1, -0.05) is 81.1 Å². The molecule has 1 atom stereocenters. The Morgan fingerprint density at radius 2 is 1.42 bits per heavy atom. The first kappa shape index (κ1) is 29.9. The van der Waals surface area contributed by atoms with Crippen molar-refractivity contribution in [2.75, 3.05) is 13.2 Å². The minimum absolute atomic E-state index is 0.131. The SMILES string of the molecule is C=C(C)NCC(C)(N)C(c1ccccc1)c1ccccc1.CC.CCOC(=O)/C(C)=C(\C)N. The Hall–Kier alpha value is -3.05. The maximum absolute atomic E-state index is 10.8. The summed E-state index contributed by atoms with van der Waals surface area (Å²) < 4.78 is 4.69. The number of hydrogen-bond donors (Lipinski definition) is 3. The van der Waals surface area contributed by atoms with Gasteiger partial charge in [-0.2, -0.15) is 0 Å². The Bertz CT molecular complexity index is 816. The highest BCUT2D eigenvalue weighted by molar-refractivity contribution is 5.88. The van der Waals surface area contributed by atoms with Gasteiger partial charge in [0.05, 0.1) is 12.2 Å². The maximum atomic E-state index is 10.8. The lowest BCUT2D eigenvalue weighted by molar-refractivity contribution is -0.138. The highest BCUT2D eigenvalue weighted by atomic mass is 16.5. The van der Waals surface area contributed by atoms with Crippen molar-refractivity contribution in [1.29, 1.82) is 0 Å². The van der Waals surface area contributed by atoms with Crippen LogP contribution in [0.2, 0.25) is 0 Å². The fourth-order valence-electron chi connectivity index (χ4n) is 3.09. The van der Waals surface area contributed by atoms with Crippen molar-refractivity contribution in [1.82, 2.24) is 5.32 Å². The topological polar surface area (TPSA) is 90.4 Å². The molecule has 2 aromatic rings. The number of rotatable bonds is 8. The van der Waals surface area contributed by atoms with Crippen molar-refractivity contribution < 1.29 is 9.53 Å². The second kappa shape index (κ2) is 15.7. The Labute approximate surface area is 200 Å². The van der Waals surface area contributed by atoms with E-state index < -0.39 is 5.54 Å². The summed E-state index contributed by atoms with van der Waals surface area (Å²) in [5, 5.41) is 3.29. The fraction of sp³-hybridized carbons (Fsp3) is 0.393. The van der Waals surface area contributed by atoms with E-state index in [1.54, 1.807) is 20.8 Å². The molecule has 0 saturated heterocycles. The molecule has 0 bridgehead atoms. The van der Waals surface area contributed by atoms with Crippen molar-refractivity contribution >= 4 is 5.97 Å². The Kier molecular flexibility index (Phi) is 14.3. The molecule has 2 aromatic carbocycles. The quantitative estimate of drug-likeness (QED) is 0.363. The first-order valence-electron chi connectivity index (χ1n) is 11.5. The molecule has 0 amide bonds. The van der Waals surface area contributed by atoms with Crippen LogP contribution in [0.5, 0.6) is 0 Å². The number of esters is 1. The second-order valence-electron chi connectivity index (χ2n) is 7.92. The average Bonchev–Trinajstić information content (AvgIpc) is 2.80. The van der Waals surface area contributed by atoms with Gasteiger partial charge in [0.15, 0.2) is 0 Å². The molecule has 1 unspecified atom stereocenters. The molecular weight excluding hydrogens is 410 g/mol. The van der Waals surface area contributed by atoms with Crippen LogP contribution in [-0.2, 0) is 9.53 Å².